The lowest BCUT2D eigenvalue weighted by Gasteiger charge is -2.42. The zero-order valence-electron chi connectivity index (χ0n) is 16.8. The van der Waals surface area contributed by atoms with E-state index in [1.807, 2.05) is 37.9 Å². The summed E-state index contributed by atoms with van der Waals surface area (Å²) >= 11 is 1.85. The number of hydrogen-bond donors (Lipinski definition) is 0. The van der Waals surface area contributed by atoms with Gasteiger partial charge in [0.15, 0.2) is 0 Å². The third kappa shape index (κ3) is 4.94. The Morgan fingerprint density at radius 3 is 2.59 bits per heavy atom. The fourth-order valence-electron chi connectivity index (χ4n) is 4.10. The summed E-state index contributed by atoms with van der Waals surface area (Å²) < 4.78 is 15.4. The van der Waals surface area contributed by atoms with Gasteiger partial charge in [-0.1, -0.05) is 50.1 Å². The largest absolute Gasteiger partial charge is 0.342 e. The van der Waals surface area contributed by atoms with Gasteiger partial charge in [-0.3, -0.25) is 4.79 Å². The van der Waals surface area contributed by atoms with E-state index in [1.165, 1.54) is 12.1 Å². The summed E-state index contributed by atoms with van der Waals surface area (Å²) in [6.45, 7) is 7.90. The number of halogens is 1. The smallest absolute Gasteiger partial charge is 0.225 e. The van der Waals surface area contributed by atoms with Crippen LogP contribution < -0.4 is 0 Å². The van der Waals surface area contributed by atoms with Crippen molar-refractivity contribution in [2.24, 2.45) is 17.8 Å². The van der Waals surface area contributed by atoms with Crippen molar-refractivity contribution in [2.45, 2.75) is 44.9 Å². The van der Waals surface area contributed by atoms with Crippen LogP contribution in [-0.4, -0.2) is 40.5 Å². The molecular formula is C22H31FN2OS. The van der Waals surface area contributed by atoms with Gasteiger partial charge in [0.05, 0.1) is 0 Å². The average molecular weight is 391 g/mol. The van der Waals surface area contributed by atoms with Crippen LogP contribution in [0.5, 0.6) is 0 Å². The van der Waals surface area contributed by atoms with E-state index in [1.54, 1.807) is 0 Å². The molecule has 0 radical (unpaired) electrons. The summed E-state index contributed by atoms with van der Waals surface area (Å²) in [5.41, 5.74) is 1.12. The fourth-order valence-corrected chi connectivity index (χ4v) is 5.32. The molecule has 0 saturated carbocycles. The van der Waals surface area contributed by atoms with Crippen LogP contribution in [0, 0.1) is 23.6 Å². The van der Waals surface area contributed by atoms with E-state index in [0.717, 1.165) is 31.5 Å². The van der Waals surface area contributed by atoms with Crippen molar-refractivity contribution in [3.8, 4) is 0 Å². The van der Waals surface area contributed by atoms with Gasteiger partial charge in [-0.2, -0.15) is 0 Å². The number of allylic oxidation sites excluding steroid dienone is 1. The third-order valence-electron chi connectivity index (χ3n) is 5.91. The molecule has 1 heterocycles. The Labute approximate surface area is 167 Å². The molecule has 0 aromatic heterocycles. The maximum atomic E-state index is 13.2. The molecular weight excluding hydrogens is 359 g/mol. The molecule has 1 fully saturated rings. The minimum atomic E-state index is -0.194. The number of hydrogen-bond acceptors (Lipinski definition) is 3. The predicted molar refractivity (Wildman–Crippen MR) is 111 cm³/mol. The number of fused-ring (bicyclic) bond motifs is 1. The molecule has 0 N–H and O–H groups in total. The van der Waals surface area contributed by atoms with Crippen LogP contribution in [-0.2, 0) is 4.79 Å². The van der Waals surface area contributed by atoms with Gasteiger partial charge >= 0.3 is 0 Å². The Hall–Kier alpha value is -1.33. The number of rotatable bonds is 5. The van der Waals surface area contributed by atoms with E-state index in [9.17, 15) is 9.18 Å². The Bertz CT molecular complexity index is 675. The number of likely N-dealkylation sites (tertiary alicyclic amines) is 1. The number of carbonyl (C=O) groups excluding carboxylic acids is 1. The van der Waals surface area contributed by atoms with Crippen LogP contribution in [0.1, 0.15) is 45.2 Å². The van der Waals surface area contributed by atoms with Crippen LogP contribution >= 0.6 is 11.9 Å². The minimum absolute atomic E-state index is 0.0774. The van der Waals surface area contributed by atoms with E-state index in [4.69, 9.17) is 0 Å². The third-order valence-corrected chi connectivity index (χ3v) is 7.17. The van der Waals surface area contributed by atoms with Gasteiger partial charge in [-0.05, 0) is 56.3 Å². The normalized spacial score (nSPS) is 26.3. The molecule has 2 aliphatic rings. The van der Waals surface area contributed by atoms with E-state index in [-0.39, 0.29) is 23.7 Å². The lowest BCUT2D eigenvalue weighted by Crippen LogP contribution is -2.46. The fraction of sp³-hybridized carbons (Fsp3) is 0.591. The summed E-state index contributed by atoms with van der Waals surface area (Å²) in [6, 6.07) is 6.99. The molecule has 1 aliphatic carbocycles. The second kappa shape index (κ2) is 8.78. The second-order valence-electron chi connectivity index (χ2n) is 8.19. The lowest BCUT2D eigenvalue weighted by atomic mass is 9.78. The summed E-state index contributed by atoms with van der Waals surface area (Å²) in [4.78, 5) is 14.4. The van der Waals surface area contributed by atoms with E-state index >= 15 is 0 Å². The highest BCUT2D eigenvalue weighted by Gasteiger charge is 2.35. The van der Waals surface area contributed by atoms with Crippen molar-refractivity contribution >= 4 is 17.9 Å². The number of carbonyl (C=O) groups is 1. The van der Waals surface area contributed by atoms with Crippen molar-refractivity contribution < 1.29 is 9.18 Å². The number of benzene rings is 1. The maximum absolute atomic E-state index is 13.2. The molecule has 1 saturated heterocycles. The highest BCUT2D eigenvalue weighted by atomic mass is 32.2. The quantitative estimate of drug-likeness (QED) is 0.527. The first-order valence-electron chi connectivity index (χ1n) is 9.97. The molecule has 1 aromatic carbocycles. The zero-order chi connectivity index (χ0) is 19.6. The molecule has 5 heteroatoms. The highest BCUT2D eigenvalue weighted by molar-refractivity contribution is 7.97. The maximum Gasteiger partial charge on any atom is 0.225 e. The SMILES string of the molecule is CC(C)C(=O)N1CCC2C=CC(SN(C)[C@@H](C)c3ccc(F)cc3)CC2C1. The lowest BCUT2D eigenvalue weighted by molar-refractivity contribution is -0.136. The van der Waals surface area contributed by atoms with Crippen molar-refractivity contribution in [3.63, 3.8) is 0 Å². The van der Waals surface area contributed by atoms with Gasteiger partial charge < -0.3 is 4.90 Å². The Morgan fingerprint density at radius 2 is 1.93 bits per heavy atom. The average Bonchev–Trinajstić information content (AvgIpc) is 2.66. The van der Waals surface area contributed by atoms with Crippen LogP contribution in [0.2, 0.25) is 0 Å². The molecule has 0 spiro atoms. The molecule has 4 atom stereocenters. The van der Waals surface area contributed by atoms with Crippen molar-refractivity contribution in [3.05, 3.63) is 47.8 Å². The first-order valence-corrected chi connectivity index (χ1v) is 10.8. The van der Waals surface area contributed by atoms with Gasteiger partial charge in [0.1, 0.15) is 5.82 Å². The van der Waals surface area contributed by atoms with Crippen LogP contribution in [0.3, 0.4) is 0 Å². The predicted octanol–water partition coefficient (Wildman–Crippen LogP) is 4.92. The molecule has 27 heavy (non-hydrogen) atoms. The first-order chi connectivity index (χ1) is 12.8. The van der Waals surface area contributed by atoms with Crippen molar-refractivity contribution in [1.82, 2.24) is 9.21 Å². The minimum Gasteiger partial charge on any atom is -0.342 e. The van der Waals surface area contributed by atoms with Gasteiger partial charge in [0.2, 0.25) is 5.91 Å². The van der Waals surface area contributed by atoms with E-state index in [0.29, 0.717) is 17.1 Å². The number of amides is 1. The molecule has 3 rings (SSSR count). The summed E-state index contributed by atoms with van der Waals surface area (Å²) in [6.07, 6.45) is 6.91. The second-order valence-corrected chi connectivity index (χ2v) is 9.58. The highest BCUT2D eigenvalue weighted by Crippen LogP contribution is 2.39. The van der Waals surface area contributed by atoms with Gasteiger partial charge in [0.25, 0.3) is 0 Å². The summed E-state index contributed by atoms with van der Waals surface area (Å²) in [7, 11) is 2.11. The molecule has 3 nitrogen and oxygen atoms in total. The van der Waals surface area contributed by atoms with Crippen LogP contribution in [0.25, 0.3) is 0 Å². The molecule has 1 aliphatic heterocycles. The molecule has 3 unspecified atom stereocenters. The van der Waals surface area contributed by atoms with Gasteiger partial charge in [-0.25, -0.2) is 8.70 Å². The number of nitrogens with zero attached hydrogens (tertiary/aromatic N) is 2. The standard InChI is InChI=1S/C22H31FN2OS/c1-15(2)22(26)25-12-11-18-7-10-21(13-19(18)14-25)27-24(4)16(3)17-5-8-20(23)9-6-17/h5-10,15-16,18-19,21H,11-14H2,1-4H3/t16-,18?,19?,21?/m0/s1. The van der Waals surface area contributed by atoms with Gasteiger partial charge in [0, 0.05) is 30.3 Å². The molecule has 0 bridgehead atoms. The van der Waals surface area contributed by atoms with Gasteiger partial charge in [-0.15, -0.1) is 0 Å². The number of piperidine rings is 1. The Balaban J connectivity index is 1.58. The van der Waals surface area contributed by atoms with Crippen molar-refractivity contribution in [1.29, 1.82) is 0 Å². The summed E-state index contributed by atoms with van der Waals surface area (Å²) in [5, 5.41) is 0.424. The first kappa shape index (κ1) is 20.4. The van der Waals surface area contributed by atoms with E-state index < -0.39 is 0 Å². The van der Waals surface area contributed by atoms with Crippen LogP contribution in [0.4, 0.5) is 4.39 Å². The Kier molecular flexibility index (Phi) is 6.64. The van der Waals surface area contributed by atoms with Crippen LogP contribution in [0.15, 0.2) is 36.4 Å². The zero-order valence-corrected chi connectivity index (χ0v) is 17.6. The molecule has 1 aromatic rings. The topological polar surface area (TPSA) is 23.6 Å². The van der Waals surface area contributed by atoms with Crippen molar-refractivity contribution in [2.75, 3.05) is 20.1 Å². The van der Waals surface area contributed by atoms with E-state index in [2.05, 4.69) is 35.3 Å². The Morgan fingerprint density at radius 1 is 1.22 bits per heavy atom. The molecule has 148 valence electrons. The summed E-state index contributed by atoms with van der Waals surface area (Å²) in [5.74, 6) is 1.33. The molecule has 1 amide bonds. The monoisotopic (exact) mass is 390 g/mol.